The topological polar surface area (TPSA) is 65.5 Å². The van der Waals surface area contributed by atoms with Gasteiger partial charge >= 0.3 is 0 Å². The molecule has 1 spiro atoms. The number of aliphatic hydroxyl groups excluding tert-OH is 1. The lowest BCUT2D eigenvalue weighted by molar-refractivity contribution is -0.114. The third-order valence-electron chi connectivity index (χ3n) is 7.29. The minimum atomic E-state index is -2.50. The van der Waals surface area contributed by atoms with E-state index in [4.69, 9.17) is 4.98 Å². The molecule has 4 rings (SSSR count). The summed E-state index contributed by atoms with van der Waals surface area (Å²) in [7, 11) is 0. The number of halogens is 2. The highest BCUT2D eigenvalue weighted by atomic mass is 19.3. The number of carbonyl (C=O) groups excluding carboxylic acids is 1. The van der Waals surface area contributed by atoms with Crippen LogP contribution in [0.2, 0.25) is 0 Å². The molecule has 1 saturated heterocycles. The van der Waals surface area contributed by atoms with Crippen LogP contribution in [0.3, 0.4) is 0 Å². The van der Waals surface area contributed by atoms with Crippen molar-refractivity contribution in [3.63, 3.8) is 0 Å². The van der Waals surface area contributed by atoms with Crippen LogP contribution in [0.4, 0.5) is 26.0 Å². The first-order valence-electron chi connectivity index (χ1n) is 15.4. The number of alkyl halides is 2. The van der Waals surface area contributed by atoms with Crippen molar-refractivity contribution in [1.29, 1.82) is 0 Å². The van der Waals surface area contributed by atoms with E-state index in [1.807, 2.05) is 13.1 Å². The van der Waals surface area contributed by atoms with Gasteiger partial charge in [0.1, 0.15) is 5.82 Å². The first-order valence-corrected chi connectivity index (χ1v) is 15.4. The lowest BCUT2D eigenvalue weighted by Crippen LogP contribution is -2.64. The molecule has 1 aliphatic heterocycles. The number of hydrogen-bond donors (Lipinski definition) is 2. The van der Waals surface area contributed by atoms with Crippen LogP contribution in [0, 0.1) is 5.41 Å². The summed E-state index contributed by atoms with van der Waals surface area (Å²) in [4.78, 5) is 17.5. The maximum atomic E-state index is 11.0. The van der Waals surface area contributed by atoms with Crippen LogP contribution in [0.1, 0.15) is 97.6 Å². The summed E-state index contributed by atoms with van der Waals surface area (Å²) in [5.74, 6) is -1.42. The molecule has 42 heavy (non-hydrogen) atoms. The van der Waals surface area contributed by atoms with E-state index in [0.717, 1.165) is 83.4 Å². The first kappa shape index (κ1) is 35.1. The normalized spacial score (nSPS) is 15.8. The molecule has 0 bridgehead atoms. The monoisotopic (exact) mass is 583 g/mol. The molecule has 1 aliphatic carbocycles. The summed E-state index contributed by atoms with van der Waals surface area (Å²) < 4.78 is 22.0. The van der Waals surface area contributed by atoms with Gasteiger partial charge in [-0.3, -0.25) is 4.79 Å². The van der Waals surface area contributed by atoms with Gasteiger partial charge in [-0.1, -0.05) is 58.9 Å². The number of aromatic nitrogens is 1. The molecule has 2 aliphatic rings. The smallest absolute Gasteiger partial charge is 0.242 e. The number of ketones is 1. The minimum Gasteiger partial charge on any atom is -0.393 e. The number of allylic oxidation sites excluding steroid dienone is 3. The zero-order chi connectivity index (χ0) is 31.3. The Balaban J connectivity index is 0.000000434. The van der Waals surface area contributed by atoms with Crippen LogP contribution in [-0.4, -0.2) is 41.0 Å². The minimum absolute atomic E-state index is 0.0943. The van der Waals surface area contributed by atoms with Crippen LogP contribution in [-0.2, 0) is 11.2 Å². The predicted molar refractivity (Wildman–Crippen MR) is 173 cm³/mol. The van der Waals surface area contributed by atoms with Crippen molar-refractivity contribution in [2.75, 3.05) is 23.3 Å². The van der Waals surface area contributed by atoms with Crippen LogP contribution in [0.5, 0.6) is 0 Å². The van der Waals surface area contributed by atoms with E-state index in [1.165, 1.54) is 28.5 Å². The van der Waals surface area contributed by atoms with Gasteiger partial charge in [-0.2, -0.15) is 0 Å². The van der Waals surface area contributed by atoms with Gasteiger partial charge in [-0.25, -0.2) is 13.8 Å². The fourth-order valence-electron chi connectivity index (χ4n) is 5.46. The van der Waals surface area contributed by atoms with Gasteiger partial charge in [0.25, 0.3) is 0 Å². The highest BCUT2D eigenvalue weighted by Crippen LogP contribution is 2.51. The highest BCUT2D eigenvalue weighted by molar-refractivity contribution is 5.89. The molecule has 2 N–H and O–H groups in total. The number of rotatable bonds is 11. The van der Waals surface area contributed by atoms with Crippen molar-refractivity contribution in [3.8, 4) is 0 Å². The van der Waals surface area contributed by atoms with Gasteiger partial charge in [-0.15, -0.1) is 0 Å². The molecule has 232 valence electrons. The van der Waals surface area contributed by atoms with Gasteiger partial charge < -0.3 is 15.3 Å². The van der Waals surface area contributed by atoms with Crippen molar-refractivity contribution in [2.45, 2.75) is 105 Å². The molecule has 0 amide bonds. The van der Waals surface area contributed by atoms with Crippen molar-refractivity contribution >= 4 is 28.5 Å². The summed E-state index contributed by atoms with van der Waals surface area (Å²) in [6, 6.07) is 10.9. The van der Waals surface area contributed by atoms with E-state index in [9.17, 15) is 18.7 Å². The summed E-state index contributed by atoms with van der Waals surface area (Å²) in [5.41, 5.74) is 6.63. The van der Waals surface area contributed by atoms with Gasteiger partial charge in [0.2, 0.25) is 5.92 Å². The summed E-state index contributed by atoms with van der Waals surface area (Å²) >= 11 is 0. The molecule has 0 radical (unpaired) electrons. The van der Waals surface area contributed by atoms with Crippen LogP contribution >= 0.6 is 0 Å². The molecule has 0 atom stereocenters. The van der Waals surface area contributed by atoms with Crippen LogP contribution in [0.25, 0.3) is 5.57 Å². The van der Waals surface area contributed by atoms with Crippen molar-refractivity contribution in [3.05, 3.63) is 66.4 Å². The van der Waals surface area contributed by atoms with E-state index >= 15 is 0 Å². The molecule has 2 fully saturated rings. The third-order valence-corrected chi connectivity index (χ3v) is 7.29. The van der Waals surface area contributed by atoms with Crippen molar-refractivity contribution < 1.29 is 18.7 Å². The second kappa shape index (κ2) is 16.5. The van der Waals surface area contributed by atoms with E-state index in [1.54, 1.807) is 0 Å². The van der Waals surface area contributed by atoms with Gasteiger partial charge in [0.05, 0.1) is 6.10 Å². The van der Waals surface area contributed by atoms with E-state index < -0.39 is 5.92 Å². The van der Waals surface area contributed by atoms with E-state index in [0.29, 0.717) is 11.8 Å². The summed E-state index contributed by atoms with van der Waals surface area (Å²) in [5, 5.41) is 13.4. The standard InChI is InChI=1S/C26H35N3O.C6H10O.C3H6F2/c1-4-7-19-9-11-21(12-10-19)28-25-24(20(6-3)8-5-2)23(13-14-27-25)29-17-26(18-29)15-22(30)16-26;1-3-5-6(7)4-2;1-3(2,4)5/h8-14,22,30H,4-7,15-18H2,1-3H3,(H,27,28);4H,2-3,5H2,1H3;1-2H3/b20-8+;;. The van der Waals surface area contributed by atoms with Gasteiger partial charge in [-0.05, 0) is 87.8 Å². The Bertz CT molecular complexity index is 1150. The first-order chi connectivity index (χ1) is 19.9. The Morgan fingerprint density at radius 3 is 2.19 bits per heavy atom. The van der Waals surface area contributed by atoms with Gasteiger partial charge in [0.15, 0.2) is 5.78 Å². The fraction of sp³-hybridized carbons (Fsp3) is 0.543. The van der Waals surface area contributed by atoms with E-state index in [-0.39, 0.29) is 11.9 Å². The lowest BCUT2D eigenvalue weighted by Gasteiger charge is -2.59. The number of benzene rings is 1. The molecule has 0 unspecified atom stereocenters. The summed E-state index contributed by atoms with van der Waals surface area (Å²) in [6.45, 7) is 15.7. The number of nitrogens with zero attached hydrogens (tertiary/aromatic N) is 2. The number of nitrogens with one attached hydrogen (secondary N) is 1. The highest BCUT2D eigenvalue weighted by Gasteiger charge is 2.52. The largest absolute Gasteiger partial charge is 0.393 e. The number of anilines is 3. The molecule has 1 aromatic heterocycles. The van der Waals surface area contributed by atoms with Crippen molar-refractivity contribution in [2.24, 2.45) is 5.41 Å². The molecular formula is C35H51F2N3O2. The number of aryl methyl sites for hydroxylation is 1. The number of carbonyl (C=O) groups is 1. The van der Waals surface area contributed by atoms with Crippen LogP contribution in [0.15, 0.2) is 55.3 Å². The second-order valence-electron chi connectivity index (χ2n) is 11.8. The Hall–Kier alpha value is -3.06. The van der Waals surface area contributed by atoms with Crippen LogP contribution < -0.4 is 10.2 Å². The molecule has 1 saturated carbocycles. The quantitative estimate of drug-likeness (QED) is 0.258. The molecule has 2 aromatic rings. The average molecular weight is 584 g/mol. The number of hydrogen-bond acceptors (Lipinski definition) is 5. The lowest BCUT2D eigenvalue weighted by atomic mass is 9.61. The predicted octanol–water partition coefficient (Wildman–Crippen LogP) is 9.15. The maximum absolute atomic E-state index is 11.0. The fourth-order valence-corrected chi connectivity index (χ4v) is 5.46. The summed E-state index contributed by atoms with van der Waals surface area (Å²) in [6.07, 6.45) is 13.3. The molecule has 1 aromatic carbocycles. The third kappa shape index (κ3) is 11.0. The Kier molecular flexibility index (Phi) is 13.8. The number of pyridine rings is 1. The molecule has 2 heterocycles. The molecular weight excluding hydrogens is 532 g/mol. The van der Waals surface area contributed by atoms with Gasteiger partial charge in [0, 0.05) is 48.1 Å². The zero-order valence-electron chi connectivity index (χ0n) is 26.5. The Morgan fingerprint density at radius 1 is 1.12 bits per heavy atom. The number of aliphatic hydroxyl groups is 1. The average Bonchev–Trinajstić information content (AvgIpc) is 2.89. The Morgan fingerprint density at radius 2 is 1.74 bits per heavy atom. The zero-order valence-corrected chi connectivity index (χ0v) is 26.5. The molecule has 5 nitrogen and oxygen atoms in total. The Labute approximate surface area is 252 Å². The second-order valence-corrected chi connectivity index (χ2v) is 11.8. The van der Waals surface area contributed by atoms with E-state index in [2.05, 4.69) is 74.0 Å². The SMILES string of the molecule is C=CC(=O)CCC.CC(C)(F)F.CC/C=C(\CC)c1c(N2CC3(CC(O)C3)C2)ccnc1Nc1ccc(CCC)cc1. The molecule has 7 heteroatoms. The van der Waals surface area contributed by atoms with Crippen molar-refractivity contribution in [1.82, 2.24) is 4.98 Å². The maximum Gasteiger partial charge on any atom is 0.242 e.